The van der Waals surface area contributed by atoms with Gasteiger partial charge in [0.1, 0.15) is 0 Å². The van der Waals surface area contributed by atoms with Crippen LogP contribution in [0, 0.1) is 12.8 Å². The molecule has 0 spiro atoms. The first-order valence-electron chi connectivity index (χ1n) is 0.960. The van der Waals surface area contributed by atoms with Gasteiger partial charge in [0, 0.05) is 0 Å². The van der Waals surface area contributed by atoms with Crippen molar-refractivity contribution in [2.45, 2.75) is 0 Å². The zero-order valence-corrected chi connectivity index (χ0v) is 3.57. The standard InChI is InChI=1S/C2H3Cl.C2H2/c1-2-3;1-2/h2H,1H2;1-2H. The van der Waals surface area contributed by atoms with Crippen molar-refractivity contribution >= 4 is 11.6 Å². The highest BCUT2D eigenvalue weighted by Gasteiger charge is 1.18. The summed E-state index contributed by atoms with van der Waals surface area (Å²) in [4.78, 5) is 0. The van der Waals surface area contributed by atoms with Crippen LogP contribution in [0.5, 0.6) is 0 Å². The van der Waals surface area contributed by atoms with Crippen LogP contribution in [0.2, 0.25) is 0 Å². The molecule has 0 rings (SSSR count). The molecule has 0 aliphatic heterocycles. The topological polar surface area (TPSA) is 0 Å². The molecule has 0 N–H and O–H groups in total. The molecular formula is C4H5Cl. The van der Waals surface area contributed by atoms with Crippen LogP contribution < -0.4 is 0 Å². The molecule has 1 heteroatoms. The Balaban J connectivity index is 0. The molecule has 0 saturated heterocycles. The largest absolute Gasteiger partial charge is 0.124 e. The molecule has 28 valence electrons. The van der Waals surface area contributed by atoms with Crippen molar-refractivity contribution in [3.05, 3.63) is 12.1 Å². The number of terminal acetylenes is 1. The Morgan fingerprint density at radius 2 is 1.60 bits per heavy atom. The highest BCUT2D eigenvalue weighted by Crippen LogP contribution is 1.60. The van der Waals surface area contributed by atoms with Gasteiger partial charge in [-0.05, 0) is 5.54 Å². The second-order valence-corrected chi connectivity index (χ2v) is 0.463. The van der Waals surface area contributed by atoms with E-state index >= 15 is 0 Å². The van der Waals surface area contributed by atoms with Gasteiger partial charge in [0.2, 0.25) is 0 Å². The summed E-state index contributed by atoms with van der Waals surface area (Å²) in [5, 5.41) is 0. The molecule has 0 unspecified atom stereocenters. The van der Waals surface area contributed by atoms with Gasteiger partial charge < -0.3 is 0 Å². The van der Waals surface area contributed by atoms with Crippen molar-refractivity contribution in [2.75, 3.05) is 0 Å². The number of hydrogen-bond acceptors (Lipinski definition) is 0. The summed E-state index contributed by atoms with van der Waals surface area (Å²) < 4.78 is 0. The van der Waals surface area contributed by atoms with E-state index < -0.39 is 0 Å². The Morgan fingerprint density at radius 3 is 1.60 bits per heavy atom. The highest BCUT2D eigenvalue weighted by atomic mass is 35.5. The van der Waals surface area contributed by atoms with Crippen molar-refractivity contribution in [2.24, 2.45) is 0 Å². The van der Waals surface area contributed by atoms with Crippen LogP contribution in [0.15, 0.2) is 12.1 Å². The quantitative estimate of drug-likeness (QED) is 0.395. The second kappa shape index (κ2) is 69.2. The van der Waals surface area contributed by atoms with Gasteiger partial charge in [-0.3, -0.25) is 0 Å². The Hall–Kier alpha value is -0.410. The van der Waals surface area contributed by atoms with Crippen molar-refractivity contribution in [3.8, 4) is 12.8 Å². The summed E-state index contributed by atoms with van der Waals surface area (Å²) in [6.45, 7) is 3.13. The van der Waals surface area contributed by atoms with Crippen LogP contribution in [0.25, 0.3) is 0 Å². The fourth-order valence-electron chi connectivity index (χ4n) is 0. The third-order valence-corrected chi connectivity index (χ3v) is 0. The molecule has 0 aromatic rings. The monoisotopic (exact) mass is 88.0 g/mol. The van der Waals surface area contributed by atoms with Crippen LogP contribution >= 0.6 is 11.6 Å². The Labute approximate surface area is 37.5 Å². The van der Waals surface area contributed by atoms with Gasteiger partial charge in [-0.25, -0.2) is 0 Å². The van der Waals surface area contributed by atoms with E-state index in [9.17, 15) is 0 Å². The molecule has 0 nitrogen and oxygen atoms in total. The van der Waals surface area contributed by atoms with Crippen molar-refractivity contribution in [1.29, 1.82) is 0 Å². The van der Waals surface area contributed by atoms with E-state index in [2.05, 4.69) is 19.4 Å². The van der Waals surface area contributed by atoms with E-state index in [1.54, 1.807) is 0 Å². The second-order valence-electron chi connectivity index (χ2n) is 0.154. The third kappa shape index (κ3) is 54.0. The summed E-state index contributed by atoms with van der Waals surface area (Å²) in [6.07, 6.45) is 8.00. The third-order valence-electron chi connectivity index (χ3n) is 0. The first kappa shape index (κ1) is 8.82. The minimum absolute atomic E-state index is 1.22. The first-order chi connectivity index (χ1) is 2.41. The zero-order valence-electron chi connectivity index (χ0n) is 2.82. The molecule has 0 aromatic heterocycles. The summed E-state index contributed by atoms with van der Waals surface area (Å²) in [6, 6.07) is 0. The first-order valence-corrected chi connectivity index (χ1v) is 1.40. The Kier molecular flexibility index (Phi) is 122. The summed E-state index contributed by atoms with van der Waals surface area (Å²) >= 11 is 4.76. The van der Waals surface area contributed by atoms with Gasteiger partial charge in [-0.2, -0.15) is 0 Å². The lowest BCUT2D eigenvalue weighted by Crippen LogP contribution is -0.926. The molecule has 0 saturated carbocycles. The minimum atomic E-state index is 1.22. The van der Waals surface area contributed by atoms with E-state index in [-0.39, 0.29) is 0 Å². The molecule has 0 atom stereocenters. The average molecular weight is 88.5 g/mol. The molecule has 0 bridgehead atoms. The van der Waals surface area contributed by atoms with Crippen LogP contribution in [0.3, 0.4) is 0 Å². The van der Waals surface area contributed by atoms with Crippen LogP contribution in [-0.4, -0.2) is 0 Å². The highest BCUT2D eigenvalue weighted by molar-refractivity contribution is 6.25. The van der Waals surface area contributed by atoms with Crippen molar-refractivity contribution in [3.63, 3.8) is 0 Å². The molecule has 0 amide bonds. The molecule has 0 aliphatic rings. The number of halogens is 1. The van der Waals surface area contributed by atoms with Gasteiger partial charge >= 0.3 is 0 Å². The van der Waals surface area contributed by atoms with Gasteiger partial charge in [0.25, 0.3) is 0 Å². The number of rotatable bonds is 0. The molecule has 0 aromatic carbocycles. The van der Waals surface area contributed by atoms with Gasteiger partial charge in [-0.1, -0.05) is 18.2 Å². The predicted molar refractivity (Wildman–Crippen MR) is 25.9 cm³/mol. The molecule has 0 aliphatic carbocycles. The normalized spacial score (nSPS) is 3.00. The zero-order chi connectivity index (χ0) is 4.71. The maximum Gasteiger partial charge on any atom is -0.00296 e. The molecular weight excluding hydrogens is 83.5 g/mol. The molecule has 0 fully saturated rings. The van der Waals surface area contributed by atoms with Gasteiger partial charge in [0.05, 0.1) is 0 Å². The predicted octanol–water partition coefficient (Wildman–Crippen LogP) is 1.62. The maximum atomic E-state index is 4.76. The fraction of sp³-hybridized carbons (Fsp3) is 0. The Bertz CT molecular complexity index is 27.9. The lowest BCUT2D eigenvalue weighted by Gasteiger charge is -1.27. The van der Waals surface area contributed by atoms with Gasteiger partial charge in [0.15, 0.2) is 0 Å². The lowest BCUT2D eigenvalue weighted by atomic mass is 11.3. The fourth-order valence-corrected chi connectivity index (χ4v) is 0. The Morgan fingerprint density at radius 1 is 1.60 bits per heavy atom. The summed E-state index contributed by atoms with van der Waals surface area (Å²) in [5.41, 5.74) is 1.22. The van der Waals surface area contributed by atoms with Crippen LogP contribution in [-0.2, 0) is 0 Å². The van der Waals surface area contributed by atoms with E-state index in [1.165, 1.54) is 5.54 Å². The van der Waals surface area contributed by atoms with E-state index in [1.807, 2.05) is 0 Å². The summed E-state index contributed by atoms with van der Waals surface area (Å²) in [7, 11) is 0. The van der Waals surface area contributed by atoms with Gasteiger partial charge in [-0.15, -0.1) is 12.8 Å². The van der Waals surface area contributed by atoms with Crippen LogP contribution in [0.4, 0.5) is 0 Å². The van der Waals surface area contributed by atoms with Crippen molar-refractivity contribution in [1.82, 2.24) is 0 Å². The smallest absolute Gasteiger partial charge is 0.00296 e. The molecule has 0 radical (unpaired) electrons. The maximum absolute atomic E-state index is 4.76. The molecule has 0 heterocycles. The van der Waals surface area contributed by atoms with E-state index in [0.29, 0.717) is 0 Å². The van der Waals surface area contributed by atoms with E-state index in [0.717, 1.165) is 0 Å². The van der Waals surface area contributed by atoms with Crippen molar-refractivity contribution < 1.29 is 0 Å². The molecule has 5 heavy (non-hydrogen) atoms. The SMILES string of the molecule is C#C.C=CCl. The van der Waals surface area contributed by atoms with Crippen LogP contribution in [0.1, 0.15) is 0 Å². The minimum Gasteiger partial charge on any atom is -0.124 e. The average Bonchev–Trinajstić information content (AvgIpc) is 1.46. The number of hydrogen-bond donors (Lipinski definition) is 0. The van der Waals surface area contributed by atoms with E-state index in [4.69, 9.17) is 11.6 Å². The lowest BCUT2D eigenvalue weighted by molar-refractivity contribution is 2.63. The summed E-state index contributed by atoms with van der Waals surface area (Å²) in [5.74, 6) is 0.